The molecule has 0 radical (unpaired) electrons. The first-order valence-electron chi connectivity index (χ1n) is 9.03. The SMILES string of the molecule is CCn1c(=O)c(C)nc2cc(C(=O)OCC(=O)Nc3ccccc3[N+](=O)[O-])ccc21. The maximum absolute atomic E-state index is 12.3. The number of nitrogens with one attached hydrogen (secondary N) is 1. The number of aromatic nitrogens is 2. The molecule has 3 aromatic rings. The summed E-state index contributed by atoms with van der Waals surface area (Å²) < 4.78 is 6.55. The molecule has 3 rings (SSSR count). The smallest absolute Gasteiger partial charge is 0.338 e. The molecule has 0 aliphatic carbocycles. The Kier molecular flexibility index (Phi) is 5.86. The van der Waals surface area contributed by atoms with Crippen LogP contribution in [0.25, 0.3) is 11.0 Å². The first-order chi connectivity index (χ1) is 14.3. The first kappa shape index (κ1) is 20.6. The van der Waals surface area contributed by atoms with Crippen LogP contribution in [0.5, 0.6) is 0 Å². The van der Waals surface area contributed by atoms with Gasteiger partial charge in [0.1, 0.15) is 11.4 Å². The third-order valence-corrected chi connectivity index (χ3v) is 4.37. The van der Waals surface area contributed by atoms with Gasteiger partial charge in [0.25, 0.3) is 17.2 Å². The summed E-state index contributed by atoms with van der Waals surface area (Å²) in [6.45, 7) is 3.25. The Morgan fingerprint density at radius 3 is 2.67 bits per heavy atom. The lowest BCUT2D eigenvalue weighted by Crippen LogP contribution is -2.23. The molecule has 0 saturated heterocycles. The number of amides is 1. The van der Waals surface area contributed by atoms with E-state index in [1.165, 1.54) is 36.4 Å². The molecule has 0 saturated carbocycles. The van der Waals surface area contributed by atoms with Gasteiger partial charge in [0.2, 0.25) is 0 Å². The second-order valence-corrected chi connectivity index (χ2v) is 6.35. The molecule has 1 N–H and O–H groups in total. The Labute approximate surface area is 170 Å². The summed E-state index contributed by atoms with van der Waals surface area (Å²) in [5.74, 6) is -1.48. The first-order valence-corrected chi connectivity index (χ1v) is 9.03. The van der Waals surface area contributed by atoms with Crippen LogP contribution in [0.15, 0.2) is 47.3 Å². The van der Waals surface area contributed by atoms with Gasteiger partial charge in [-0.3, -0.25) is 19.7 Å². The standard InChI is InChI=1S/C20H18N4O6/c1-3-23-16-9-8-13(10-15(16)21-12(2)19(23)26)20(27)30-11-18(25)22-14-6-4-5-7-17(14)24(28)29/h4-10H,3,11H2,1-2H3,(H,22,25). The van der Waals surface area contributed by atoms with Gasteiger partial charge in [-0.25, -0.2) is 9.78 Å². The molecular weight excluding hydrogens is 392 g/mol. The predicted octanol–water partition coefficient (Wildman–Crippen LogP) is 2.43. The molecule has 1 amide bonds. The van der Waals surface area contributed by atoms with Crippen LogP contribution in [0.2, 0.25) is 0 Å². The quantitative estimate of drug-likeness (QED) is 0.375. The molecule has 0 aliphatic heterocycles. The number of benzene rings is 2. The van der Waals surface area contributed by atoms with Crippen LogP contribution in [0.1, 0.15) is 23.0 Å². The van der Waals surface area contributed by atoms with Crippen LogP contribution in [0.3, 0.4) is 0 Å². The highest BCUT2D eigenvalue weighted by Crippen LogP contribution is 2.23. The number of carbonyl (C=O) groups excluding carboxylic acids is 2. The lowest BCUT2D eigenvalue weighted by molar-refractivity contribution is -0.383. The van der Waals surface area contributed by atoms with Crippen molar-refractivity contribution in [3.8, 4) is 0 Å². The summed E-state index contributed by atoms with van der Waals surface area (Å²) in [7, 11) is 0. The largest absolute Gasteiger partial charge is 0.452 e. The molecule has 154 valence electrons. The molecule has 0 bridgehead atoms. The Morgan fingerprint density at radius 1 is 1.23 bits per heavy atom. The summed E-state index contributed by atoms with van der Waals surface area (Å²) in [6, 6.07) is 10.2. The van der Waals surface area contributed by atoms with E-state index in [4.69, 9.17) is 4.74 Å². The minimum absolute atomic E-state index is 0.00599. The highest BCUT2D eigenvalue weighted by Gasteiger charge is 2.17. The Hall–Kier alpha value is -4.08. The van der Waals surface area contributed by atoms with Crippen molar-refractivity contribution in [2.24, 2.45) is 0 Å². The number of hydrogen-bond donors (Lipinski definition) is 1. The minimum atomic E-state index is -0.761. The van der Waals surface area contributed by atoms with Gasteiger partial charge in [0.15, 0.2) is 6.61 Å². The van der Waals surface area contributed by atoms with E-state index in [9.17, 15) is 24.5 Å². The van der Waals surface area contributed by atoms with Gasteiger partial charge < -0.3 is 14.6 Å². The molecule has 0 atom stereocenters. The monoisotopic (exact) mass is 410 g/mol. The van der Waals surface area contributed by atoms with E-state index in [0.717, 1.165) is 0 Å². The number of nitrogens with zero attached hydrogens (tertiary/aromatic N) is 3. The van der Waals surface area contributed by atoms with E-state index < -0.39 is 23.4 Å². The minimum Gasteiger partial charge on any atom is -0.452 e. The maximum atomic E-state index is 12.3. The number of nitro groups is 1. The zero-order valence-electron chi connectivity index (χ0n) is 16.2. The fourth-order valence-corrected chi connectivity index (χ4v) is 2.95. The van der Waals surface area contributed by atoms with Crippen molar-refractivity contribution >= 4 is 34.3 Å². The molecule has 0 aliphatic rings. The lowest BCUT2D eigenvalue weighted by atomic mass is 10.2. The lowest BCUT2D eigenvalue weighted by Gasteiger charge is -2.10. The van der Waals surface area contributed by atoms with E-state index in [-0.39, 0.29) is 22.5 Å². The van der Waals surface area contributed by atoms with Gasteiger partial charge in [-0.15, -0.1) is 0 Å². The molecule has 2 aromatic carbocycles. The van der Waals surface area contributed by atoms with Crippen molar-refractivity contribution in [3.05, 3.63) is 74.2 Å². The molecule has 0 unspecified atom stereocenters. The van der Waals surface area contributed by atoms with Crippen LogP contribution < -0.4 is 10.9 Å². The van der Waals surface area contributed by atoms with Gasteiger partial charge in [-0.1, -0.05) is 12.1 Å². The predicted molar refractivity (Wildman–Crippen MR) is 108 cm³/mol. The summed E-state index contributed by atoms with van der Waals surface area (Å²) in [6.07, 6.45) is 0. The normalized spacial score (nSPS) is 10.6. The fraction of sp³-hybridized carbons (Fsp3) is 0.200. The van der Waals surface area contributed by atoms with Crippen molar-refractivity contribution in [3.63, 3.8) is 0 Å². The van der Waals surface area contributed by atoms with Gasteiger partial charge in [0.05, 0.1) is 21.5 Å². The summed E-state index contributed by atoms with van der Waals surface area (Å²) >= 11 is 0. The second-order valence-electron chi connectivity index (χ2n) is 6.35. The number of rotatable bonds is 6. The Morgan fingerprint density at radius 2 is 1.97 bits per heavy atom. The number of carbonyl (C=O) groups is 2. The molecule has 0 spiro atoms. The second kappa shape index (κ2) is 8.52. The number of nitro benzene ring substituents is 1. The van der Waals surface area contributed by atoms with Crippen molar-refractivity contribution in [2.45, 2.75) is 20.4 Å². The maximum Gasteiger partial charge on any atom is 0.338 e. The van der Waals surface area contributed by atoms with Crippen molar-refractivity contribution < 1.29 is 19.2 Å². The van der Waals surface area contributed by atoms with E-state index in [1.807, 2.05) is 6.92 Å². The molecular formula is C20H18N4O6. The molecule has 10 heteroatoms. The molecule has 30 heavy (non-hydrogen) atoms. The number of anilines is 1. The summed E-state index contributed by atoms with van der Waals surface area (Å²) in [5.41, 5.74) is 1.04. The average Bonchev–Trinajstić information content (AvgIpc) is 2.73. The molecule has 10 nitrogen and oxygen atoms in total. The topological polar surface area (TPSA) is 133 Å². The Balaban J connectivity index is 1.73. The number of aryl methyl sites for hydroxylation is 2. The third-order valence-electron chi connectivity index (χ3n) is 4.37. The van der Waals surface area contributed by atoms with Gasteiger partial charge >= 0.3 is 5.97 Å². The Bertz CT molecular complexity index is 1220. The molecule has 0 fully saturated rings. The zero-order valence-corrected chi connectivity index (χ0v) is 16.2. The van der Waals surface area contributed by atoms with Crippen LogP contribution in [-0.2, 0) is 16.1 Å². The van der Waals surface area contributed by atoms with Crippen LogP contribution in [0, 0.1) is 17.0 Å². The third kappa shape index (κ3) is 4.17. The van der Waals surface area contributed by atoms with Gasteiger partial charge in [-0.05, 0) is 38.1 Å². The van der Waals surface area contributed by atoms with Crippen LogP contribution in [-0.4, -0.2) is 33.0 Å². The molecule has 1 aromatic heterocycles. The highest BCUT2D eigenvalue weighted by molar-refractivity contribution is 5.98. The summed E-state index contributed by atoms with van der Waals surface area (Å²) in [5, 5.41) is 13.3. The zero-order chi connectivity index (χ0) is 21.8. The van der Waals surface area contributed by atoms with Crippen molar-refractivity contribution in [2.75, 3.05) is 11.9 Å². The van der Waals surface area contributed by atoms with E-state index in [1.54, 1.807) is 17.6 Å². The fourth-order valence-electron chi connectivity index (χ4n) is 2.95. The number of ether oxygens (including phenoxy) is 1. The van der Waals surface area contributed by atoms with E-state index >= 15 is 0 Å². The highest BCUT2D eigenvalue weighted by atomic mass is 16.6. The van der Waals surface area contributed by atoms with Crippen molar-refractivity contribution in [1.29, 1.82) is 0 Å². The van der Waals surface area contributed by atoms with Gasteiger partial charge in [-0.2, -0.15) is 0 Å². The summed E-state index contributed by atoms with van der Waals surface area (Å²) in [4.78, 5) is 51.1. The van der Waals surface area contributed by atoms with Crippen LogP contribution >= 0.6 is 0 Å². The van der Waals surface area contributed by atoms with E-state index in [2.05, 4.69) is 10.3 Å². The average molecular weight is 410 g/mol. The molecule has 1 heterocycles. The van der Waals surface area contributed by atoms with E-state index in [0.29, 0.717) is 23.3 Å². The van der Waals surface area contributed by atoms with Crippen LogP contribution in [0.4, 0.5) is 11.4 Å². The number of para-hydroxylation sites is 2. The number of hydrogen-bond acceptors (Lipinski definition) is 7. The van der Waals surface area contributed by atoms with Crippen molar-refractivity contribution in [1.82, 2.24) is 9.55 Å². The number of esters is 1. The van der Waals surface area contributed by atoms with Gasteiger partial charge in [0, 0.05) is 12.6 Å². The number of fused-ring (bicyclic) bond motifs is 1.